The first-order chi connectivity index (χ1) is 10.0. The first-order valence-electron chi connectivity index (χ1n) is 7.85. The van der Waals surface area contributed by atoms with Crippen LogP contribution >= 0.6 is 0 Å². The molecule has 0 bridgehead atoms. The number of nitrogens with zero attached hydrogens (tertiary/aromatic N) is 1. The molecule has 0 amide bonds. The molecule has 0 radical (unpaired) electrons. The van der Waals surface area contributed by atoms with Crippen molar-refractivity contribution in [1.29, 1.82) is 0 Å². The lowest BCUT2D eigenvalue weighted by molar-refractivity contribution is 0.377. The number of nitrogens with one attached hydrogen (secondary N) is 1. The first-order valence-corrected chi connectivity index (χ1v) is 9.50. The lowest BCUT2D eigenvalue weighted by atomic mass is 10.0. The molecule has 1 N–H and O–H groups in total. The van der Waals surface area contributed by atoms with E-state index in [0.29, 0.717) is 17.0 Å². The van der Waals surface area contributed by atoms with Crippen molar-refractivity contribution in [3.05, 3.63) is 24.3 Å². The van der Waals surface area contributed by atoms with Crippen LogP contribution < -0.4 is 10.2 Å². The highest BCUT2D eigenvalue weighted by Gasteiger charge is 2.29. The molecule has 2 atom stereocenters. The molecule has 0 spiro atoms. The summed E-state index contributed by atoms with van der Waals surface area (Å²) in [5.41, 5.74) is 0.867. The molecule has 0 aromatic heterocycles. The summed E-state index contributed by atoms with van der Waals surface area (Å²) < 4.78 is 24.7. The molecular weight excluding hydrogens is 284 g/mol. The molecule has 2 unspecified atom stereocenters. The Morgan fingerprint density at radius 3 is 2.52 bits per heavy atom. The minimum atomic E-state index is -3.20. The number of anilines is 1. The van der Waals surface area contributed by atoms with E-state index in [2.05, 4.69) is 24.1 Å². The number of hydrogen-bond acceptors (Lipinski definition) is 4. The minimum Gasteiger partial charge on any atom is -0.365 e. The van der Waals surface area contributed by atoms with E-state index in [1.807, 2.05) is 18.2 Å². The summed E-state index contributed by atoms with van der Waals surface area (Å²) in [4.78, 5) is 2.76. The van der Waals surface area contributed by atoms with E-state index in [4.69, 9.17) is 0 Å². The van der Waals surface area contributed by atoms with Gasteiger partial charge >= 0.3 is 0 Å². The van der Waals surface area contributed by atoms with Crippen molar-refractivity contribution in [2.45, 2.75) is 50.6 Å². The van der Waals surface area contributed by atoms with Gasteiger partial charge in [0.25, 0.3) is 0 Å². The molecule has 1 aliphatic heterocycles. The second-order valence-electron chi connectivity index (χ2n) is 5.60. The van der Waals surface area contributed by atoms with E-state index in [9.17, 15) is 8.42 Å². The van der Waals surface area contributed by atoms with Crippen LogP contribution in [0.2, 0.25) is 0 Å². The molecule has 118 valence electrons. The Bertz CT molecular complexity index is 571. The fourth-order valence-corrected chi connectivity index (χ4v) is 4.01. The third-order valence-corrected chi connectivity index (χ3v) is 6.13. The zero-order valence-corrected chi connectivity index (χ0v) is 14.0. The van der Waals surface area contributed by atoms with E-state index >= 15 is 0 Å². The Labute approximate surface area is 128 Å². The number of sulfone groups is 1. The quantitative estimate of drug-likeness (QED) is 0.907. The normalized spacial score (nSPS) is 23.3. The molecule has 0 saturated carbocycles. The Balaban J connectivity index is 2.43. The molecule has 1 aromatic rings. The Hall–Kier alpha value is -1.07. The summed E-state index contributed by atoms with van der Waals surface area (Å²) in [6.45, 7) is 7.80. The van der Waals surface area contributed by atoms with Crippen molar-refractivity contribution >= 4 is 15.5 Å². The van der Waals surface area contributed by atoms with Crippen molar-refractivity contribution in [3.8, 4) is 0 Å². The molecule has 1 fully saturated rings. The number of rotatable bonds is 5. The molecular formula is C16H26N2O2S. The first kappa shape index (κ1) is 16.3. The van der Waals surface area contributed by atoms with Gasteiger partial charge in [0.2, 0.25) is 0 Å². The minimum absolute atomic E-state index is 0.143. The molecule has 4 nitrogen and oxygen atoms in total. The van der Waals surface area contributed by atoms with E-state index in [0.717, 1.165) is 31.6 Å². The fourth-order valence-electron chi connectivity index (χ4n) is 2.91. The summed E-state index contributed by atoms with van der Waals surface area (Å²) >= 11 is 0. The van der Waals surface area contributed by atoms with Crippen LogP contribution in [0.4, 0.5) is 5.69 Å². The van der Waals surface area contributed by atoms with Gasteiger partial charge in [-0.15, -0.1) is 0 Å². The Kier molecular flexibility index (Phi) is 5.27. The molecule has 21 heavy (non-hydrogen) atoms. The highest BCUT2D eigenvalue weighted by molar-refractivity contribution is 7.91. The van der Waals surface area contributed by atoms with Crippen molar-refractivity contribution in [2.24, 2.45) is 0 Å². The van der Waals surface area contributed by atoms with E-state index in [-0.39, 0.29) is 5.75 Å². The van der Waals surface area contributed by atoms with Crippen molar-refractivity contribution < 1.29 is 8.42 Å². The standard InChI is InChI=1S/C16H26N2O2S/c1-4-13-12-18(14(5-2)11-17-13)15-9-7-8-10-16(15)21(19,20)6-3/h7-10,13-14,17H,4-6,11-12H2,1-3H3. The van der Waals surface area contributed by atoms with Crippen LogP contribution in [-0.4, -0.2) is 39.3 Å². The van der Waals surface area contributed by atoms with Crippen LogP contribution in [0.15, 0.2) is 29.2 Å². The third-order valence-electron chi connectivity index (χ3n) is 4.35. The molecule has 2 rings (SSSR count). The van der Waals surface area contributed by atoms with Gasteiger partial charge in [0.15, 0.2) is 9.84 Å². The zero-order valence-electron chi connectivity index (χ0n) is 13.2. The number of piperazine rings is 1. The maximum Gasteiger partial charge on any atom is 0.180 e. The van der Waals surface area contributed by atoms with Crippen molar-refractivity contribution in [2.75, 3.05) is 23.7 Å². The fraction of sp³-hybridized carbons (Fsp3) is 0.625. The number of benzene rings is 1. The van der Waals surface area contributed by atoms with Crippen LogP contribution in [0.3, 0.4) is 0 Å². The van der Waals surface area contributed by atoms with Gasteiger partial charge in [-0.3, -0.25) is 0 Å². The van der Waals surface area contributed by atoms with E-state index < -0.39 is 9.84 Å². The second-order valence-corrected chi connectivity index (χ2v) is 7.85. The zero-order chi connectivity index (χ0) is 15.5. The number of hydrogen-bond donors (Lipinski definition) is 1. The van der Waals surface area contributed by atoms with Gasteiger partial charge in [-0.05, 0) is 25.0 Å². The van der Waals surface area contributed by atoms with Crippen LogP contribution in [0.5, 0.6) is 0 Å². The molecule has 0 aliphatic carbocycles. The monoisotopic (exact) mass is 310 g/mol. The van der Waals surface area contributed by atoms with Gasteiger partial charge in [0.1, 0.15) is 0 Å². The SMILES string of the molecule is CCC1CN(c2ccccc2S(=O)(=O)CC)C(CC)CN1. The molecule has 1 saturated heterocycles. The summed E-state index contributed by atoms with van der Waals surface area (Å²) in [6.07, 6.45) is 2.06. The highest BCUT2D eigenvalue weighted by Crippen LogP contribution is 2.29. The maximum absolute atomic E-state index is 12.4. The molecule has 1 heterocycles. The second kappa shape index (κ2) is 6.79. The molecule has 1 aromatic carbocycles. The van der Waals surface area contributed by atoms with Crippen LogP contribution in [0, 0.1) is 0 Å². The van der Waals surface area contributed by atoms with Crippen molar-refractivity contribution in [1.82, 2.24) is 5.32 Å². The Morgan fingerprint density at radius 1 is 1.19 bits per heavy atom. The van der Waals surface area contributed by atoms with Gasteiger partial charge in [0, 0.05) is 25.2 Å². The predicted octanol–water partition coefficient (Wildman–Crippen LogP) is 2.45. The molecule has 5 heteroatoms. The predicted molar refractivity (Wildman–Crippen MR) is 87.7 cm³/mol. The van der Waals surface area contributed by atoms with Gasteiger partial charge in [-0.25, -0.2) is 8.42 Å². The number of para-hydroxylation sites is 1. The summed E-state index contributed by atoms with van der Waals surface area (Å²) in [6, 6.07) is 8.20. The molecule has 1 aliphatic rings. The largest absolute Gasteiger partial charge is 0.365 e. The van der Waals surface area contributed by atoms with Gasteiger partial charge < -0.3 is 10.2 Å². The smallest absolute Gasteiger partial charge is 0.180 e. The third kappa shape index (κ3) is 3.40. The van der Waals surface area contributed by atoms with Crippen LogP contribution in [0.25, 0.3) is 0 Å². The lowest BCUT2D eigenvalue weighted by Gasteiger charge is -2.42. The summed E-state index contributed by atoms with van der Waals surface area (Å²) in [5.74, 6) is 0.143. The van der Waals surface area contributed by atoms with Crippen LogP contribution in [0.1, 0.15) is 33.6 Å². The average Bonchev–Trinajstić information content (AvgIpc) is 2.54. The van der Waals surface area contributed by atoms with Crippen LogP contribution in [-0.2, 0) is 9.84 Å². The topological polar surface area (TPSA) is 49.4 Å². The highest BCUT2D eigenvalue weighted by atomic mass is 32.2. The van der Waals surface area contributed by atoms with Gasteiger partial charge in [-0.2, -0.15) is 0 Å². The summed E-state index contributed by atoms with van der Waals surface area (Å²) in [7, 11) is -3.20. The van der Waals surface area contributed by atoms with Gasteiger partial charge in [0.05, 0.1) is 16.3 Å². The average molecular weight is 310 g/mol. The van der Waals surface area contributed by atoms with E-state index in [1.54, 1.807) is 13.0 Å². The maximum atomic E-state index is 12.4. The Morgan fingerprint density at radius 2 is 1.90 bits per heavy atom. The van der Waals surface area contributed by atoms with E-state index in [1.165, 1.54) is 0 Å². The van der Waals surface area contributed by atoms with Crippen molar-refractivity contribution in [3.63, 3.8) is 0 Å². The van der Waals surface area contributed by atoms with Gasteiger partial charge in [-0.1, -0.05) is 32.9 Å². The summed E-state index contributed by atoms with van der Waals surface area (Å²) in [5, 5.41) is 3.55. The lowest BCUT2D eigenvalue weighted by Crippen LogP contribution is -2.56.